The third-order valence-electron chi connectivity index (χ3n) is 2.49. The largest absolute Gasteiger partial charge is 0.495 e. The Bertz CT molecular complexity index is 411. The Morgan fingerprint density at radius 2 is 1.76 bits per heavy atom. The van der Waals surface area contributed by atoms with Crippen molar-refractivity contribution in [2.24, 2.45) is 5.73 Å². The molecular formula is C13H20ClNO2. The van der Waals surface area contributed by atoms with E-state index >= 15 is 0 Å². The zero-order valence-electron chi connectivity index (χ0n) is 11.1. The molecule has 0 amide bonds. The van der Waals surface area contributed by atoms with E-state index in [4.69, 9.17) is 26.8 Å². The van der Waals surface area contributed by atoms with Crippen LogP contribution in [0.2, 0.25) is 5.02 Å². The Hall–Kier alpha value is -0.930. The van der Waals surface area contributed by atoms with Gasteiger partial charge in [-0.05, 0) is 44.4 Å². The Morgan fingerprint density at radius 1 is 1.24 bits per heavy atom. The van der Waals surface area contributed by atoms with Crippen LogP contribution in [0.3, 0.4) is 0 Å². The van der Waals surface area contributed by atoms with Gasteiger partial charge < -0.3 is 15.2 Å². The highest BCUT2D eigenvalue weighted by atomic mass is 35.5. The molecule has 0 fully saturated rings. The maximum atomic E-state index is 6.26. The summed E-state index contributed by atoms with van der Waals surface area (Å²) in [6.07, 6.45) is 0.695. The second kappa shape index (κ2) is 5.15. The predicted molar refractivity (Wildman–Crippen MR) is 71.3 cm³/mol. The van der Waals surface area contributed by atoms with Gasteiger partial charge in [0.15, 0.2) is 0 Å². The molecule has 0 atom stereocenters. The molecule has 0 aromatic heterocycles. The summed E-state index contributed by atoms with van der Waals surface area (Å²) >= 11 is 6.26. The topological polar surface area (TPSA) is 44.5 Å². The Labute approximate surface area is 108 Å². The summed E-state index contributed by atoms with van der Waals surface area (Å²) in [5.41, 5.74) is 7.71. The Balaban J connectivity index is 3.32. The maximum absolute atomic E-state index is 6.26. The van der Waals surface area contributed by atoms with Crippen molar-refractivity contribution in [3.8, 4) is 11.5 Å². The molecule has 0 aliphatic carbocycles. The van der Waals surface area contributed by atoms with Crippen molar-refractivity contribution in [3.05, 3.63) is 22.2 Å². The normalized spacial score (nSPS) is 11.5. The van der Waals surface area contributed by atoms with Crippen LogP contribution in [0, 0.1) is 6.92 Å². The van der Waals surface area contributed by atoms with E-state index in [2.05, 4.69) is 0 Å². The highest BCUT2D eigenvalue weighted by molar-refractivity contribution is 6.33. The minimum atomic E-state index is -0.308. The number of methoxy groups -OCH3 is 2. The number of benzene rings is 1. The van der Waals surface area contributed by atoms with Crippen molar-refractivity contribution in [3.63, 3.8) is 0 Å². The van der Waals surface area contributed by atoms with Gasteiger partial charge in [0.1, 0.15) is 16.5 Å². The first kappa shape index (κ1) is 14.1. The van der Waals surface area contributed by atoms with Crippen molar-refractivity contribution < 1.29 is 9.47 Å². The molecule has 0 aliphatic rings. The first-order chi connectivity index (χ1) is 7.80. The van der Waals surface area contributed by atoms with Crippen LogP contribution in [0.25, 0.3) is 0 Å². The van der Waals surface area contributed by atoms with Crippen LogP contribution in [0.15, 0.2) is 6.07 Å². The molecule has 0 radical (unpaired) electrons. The maximum Gasteiger partial charge on any atom is 0.144 e. The van der Waals surface area contributed by atoms with Gasteiger partial charge in [-0.15, -0.1) is 0 Å². The van der Waals surface area contributed by atoms with Crippen LogP contribution < -0.4 is 15.2 Å². The number of rotatable bonds is 4. The lowest BCUT2D eigenvalue weighted by Crippen LogP contribution is -2.34. The summed E-state index contributed by atoms with van der Waals surface area (Å²) in [6, 6.07) is 2.01. The average molecular weight is 258 g/mol. The number of aryl methyl sites for hydroxylation is 1. The van der Waals surface area contributed by atoms with Crippen molar-refractivity contribution in [1.29, 1.82) is 0 Å². The molecule has 0 spiro atoms. The van der Waals surface area contributed by atoms with Crippen LogP contribution in [-0.2, 0) is 6.42 Å². The molecule has 0 saturated heterocycles. The molecular weight excluding hydrogens is 238 g/mol. The zero-order chi connectivity index (χ0) is 13.2. The number of halogens is 1. The van der Waals surface area contributed by atoms with Gasteiger partial charge in [-0.1, -0.05) is 11.6 Å². The molecule has 17 heavy (non-hydrogen) atoms. The minimum absolute atomic E-state index is 0.308. The first-order valence-electron chi connectivity index (χ1n) is 5.49. The van der Waals surface area contributed by atoms with E-state index in [1.54, 1.807) is 14.2 Å². The van der Waals surface area contributed by atoms with Crippen LogP contribution in [0.5, 0.6) is 11.5 Å². The molecule has 4 heteroatoms. The lowest BCUT2D eigenvalue weighted by Gasteiger charge is -2.22. The first-order valence-corrected chi connectivity index (χ1v) is 5.86. The van der Waals surface area contributed by atoms with E-state index in [0.717, 1.165) is 11.1 Å². The highest BCUT2D eigenvalue weighted by Crippen LogP contribution is 2.40. The Kier molecular flexibility index (Phi) is 4.28. The lowest BCUT2D eigenvalue weighted by molar-refractivity contribution is 0.385. The van der Waals surface area contributed by atoms with Crippen molar-refractivity contribution in [1.82, 2.24) is 0 Å². The third kappa shape index (κ3) is 3.27. The van der Waals surface area contributed by atoms with Gasteiger partial charge in [0, 0.05) is 5.54 Å². The van der Waals surface area contributed by atoms with Gasteiger partial charge in [-0.3, -0.25) is 0 Å². The quantitative estimate of drug-likeness (QED) is 0.902. The van der Waals surface area contributed by atoms with Crippen LogP contribution in [0.4, 0.5) is 0 Å². The van der Waals surface area contributed by atoms with Gasteiger partial charge in [-0.2, -0.15) is 0 Å². The fraction of sp³-hybridized carbons (Fsp3) is 0.538. The number of nitrogens with two attached hydrogens (primary N) is 1. The number of hydrogen-bond acceptors (Lipinski definition) is 3. The molecule has 0 unspecified atom stereocenters. The highest BCUT2D eigenvalue weighted by Gasteiger charge is 2.20. The molecule has 1 aromatic rings. The standard InChI is InChI=1S/C13H20ClNO2/c1-8-6-9(7-13(2,3)15)12(17-5)10(14)11(8)16-4/h6H,7,15H2,1-5H3. The molecule has 0 bridgehead atoms. The summed E-state index contributed by atoms with van der Waals surface area (Å²) in [6.45, 7) is 5.90. The van der Waals surface area contributed by atoms with Crippen molar-refractivity contribution in [2.75, 3.05) is 14.2 Å². The molecule has 96 valence electrons. The number of ether oxygens (including phenoxy) is 2. The monoisotopic (exact) mass is 257 g/mol. The molecule has 0 heterocycles. The van der Waals surface area contributed by atoms with Crippen LogP contribution in [0.1, 0.15) is 25.0 Å². The Morgan fingerprint density at radius 3 is 2.18 bits per heavy atom. The van der Waals surface area contributed by atoms with E-state index in [1.807, 2.05) is 26.8 Å². The molecule has 1 rings (SSSR count). The molecule has 1 aromatic carbocycles. The van der Waals surface area contributed by atoms with E-state index in [9.17, 15) is 0 Å². The van der Waals surface area contributed by atoms with Gasteiger partial charge >= 0.3 is 0 Å². The average Bonchev–Trinajstić information content (AvgIpc) is 2.15. The fourth-order valence-electron chi connectivity index (χ4n) is 1.90. The lowest BCUT2D eigenvalue weighted by atomic mass is 9.94. The summed E-state index contributed by atoms with van der Waals surface area (Å²) in [4.78, 5) is 0. The summed E-state index contributed by atoms with van der Waals surface area (Å²) < 4.78 is 10.6. The molecule has 0 saturated carbocycles. The summed E-state index contributed by atoms with van der Waals surface area (Å²) in [5.74, 6) is 1.30. The van der Waals surface area contributed by atoms with Gasteiger partial charge in [-0.25, -0.2) is 0 Å². The zero-order valence-corrected chi connectivity index (χ0v) is 11.8. The fourth-order valence-corrected chi connectivity index (χ4v) is 2.33. The summed E-state index contributed by atoms with van der Waals surface area (Å²) in [7, 11) is 3.20. The van der Waals surface area contributed by atoms with Crippen LogP contribution >= 0.6 is 11.6 Å². The van der Waals surface area contributed by atoms with Gasteiger partial charge in [0.2, 0.25) is 0 Å². The van der Waals surface area contributed by atoms with E-state index < -0.39 is 0 Å². The van der Waals surface area contributed by atoms with Gasteiger partial charge in [0.25, 0.3) is 0 Å². The van der Waals surface area contributed by atoms with Crippen molar-refractivity contribution >= 4 is 11.6 Å². The second-order valence-electron chi connectivity index (χ2n) is 4.90. The van der Waals surface area contributed by atoms with Gasteiger partial charge in [0.05, 0.1) is 14.2 Å². The minimum Gasteiger partial charge on any atom is -0.495 e. The predicted octanol–water partition coefficient (Wildman–Crippen LogP) is 2.95. The molecule has 3 nitrogen and oxygen atoms in total. The third-order valence-corrected chi connectivity index (χ3v) is 2.84. The van der Waals surface area contributed by atoms with E-state index in [-0.39, 0.29) is 5.54 Å². The second-order valence-corrected chi connectivity index (χ2v) is 5.28. The summed E-state index contributed by atoms with van der Waals surface area (Å²) in [5, 5.41) is 0.509. The van der Waals surface area contributed by atoms with Crippen LogP contribution in [-0.4, -0.2) is 19.8 Å². The SMILES string of the molecule is COc1c(C)cc(CC(C)(C)N)c(OC)c1Cl. The smallest absolute Gasteiger partial charge is 0.144 e. The number of hydrogen-bond donors (Lipinski definition) is 1. The van der Waals surface area contributed by atoms with Crippen molar-refractivity contribution in [2.45, 2.75) is 32.7 Å². The van der Waals surface area contributed by atoms with E-state index in [0.29, 0.717) is 22.9 Å². The molecule has 2 N–H and O–H groups in total. The molecule has 0 aliphatic heterocycles. The van der Waals surface area contributed by atoms with E-state index in [1.165, 1.54) is 0 Å².